The van der Waals surface area contributed by atoms with E-state index in [-0.39, 0.29) is 0 Å². The molecule has 0 N–H and O–H groups in total. The Labute approximate surface area is 131 Å². The van der Waals surface area contributed by atoms with Gasteiger partial charge < -0.3 is 4.90 Å². The van der Waals surface area contributed by atoms with Gasteiger partial charge in [0.2, 0.25) is 0 Å². The summed E-state index contributed by atoms with van der Waals surface area (Å²) in [4.78, 5) is 13.6. The second-order valence-corrected chi connectivity index (χ2v) is 6.25. The molecule has 1 aromatic heterocycles. The third-order valence-corrected chi connectivity index (χ3v) is 5.03. The minimum absolute atomic E-state index is 0.707. The highest BCUT2D eigenvalue weighted by Gasteiger charge is 2.27. The van der Waals surface area contributed by atoms with E-state index in [0.717, 1.165) is 32.0 Å². The molecule has 22 heavy (non-hydrogen) atoms. The number of aromatic nitrogens is 2. The largest absolute Gasteiger partial charge is 0.353 e. The van der Waals surface area contributed by atoms with Crippen LogP contribution in [0.25, 0.3) is 0 Å². The number of hydrogen-bond donors (Lipinski definition) is 0. The monoisotopic (exact) mass is 294 g/mol. The first-order valence-corrected chi connectivity index (χ1v) is 8.22. The van der Waals surface area contributed by atoms with Gasteiger partial charge in [-0.25, -0.2) is 4.98 Å². The zero-order valence-electron chi connectivity index (χ0n) is 12.9. The first-order chi connectivity index (χ1) is 10.9. The highest BCUT2D eigenvalue weighted by atomic mass is 15.3. The van der Waals surface area contributed by atoms with E-state index in [1.165, 1.54) is 19.3 Å². The van der Waals surface area contributed by atoms with Gasteiger partial charge in [-0.15, -0.1) is 0 Å². The van der Waals surface area contributed by atoms with Gasteiger partial charge in [-0.05, 0) is 30.4 Å². The Hall–Kier alpha value is -1.94. The number of rotatable bonds is 2. The van der Waals surface area contributed by atoms with Gasteiger partial charge in [0.15, 0.2) is 0 Å². The SMILES string of the molecule is c1ccc2c(c1)CCC(N1CCN(c3cnccn3)CC1)C2. The summed E-state index contributed by atoms with van der Waals surface area (Å²) in [6.07, 6.45) is 9.11. The molecule has 1 unspecified atom stereocenters. The molecule has 114 valence electrons. The number of fused-ring (bicyclic) bond motifs is 1. The summed E-state index contributed by atoms with van der Waals surface area (Å²) >= 11 is 0. The summed E-state index contributed by atoms with van der Waals surface area (Å²) in [6.45, 7) is 4.36. The second-order valence-electron chi connectivity index (χ2n) is 6.25. The Morgan fingerprint density at radius 1 is 0.955 bits per heavy atom. The van der Waals surface area contributed by atoms with E-state index < -0.39 is 0 Å². The Bertz CT molecular complexity index is 620. The van der Waals surface area contributed by atoms with Crippen molar-refractivity contribution in [2.75, 3.05) is 31.1 Å². The standard InChI is InChI=1S/C18H22N4/c1-2-4-16-13-17(6-5-15(16)3-1)21-9-11-22(12-10-21)18-14-19-7-8-20-18/h1-4,7-8,14,17H,5-6,9-13H2. The van der Waals surface area contributed by atoms with E-state index in [1.54, 1.807) is 23.5 Å². The number of hydrogen-bond acceptors (Lipinski definition) is 4. The molecule has 0 radical (unpaired) electrons. The van der Waals surface area contributed by atoms with Crippen molar-refractivity contribution in [2.24, 2.45) is 0 Å². The number of nitrogens with zero attached hydrogens (tertiary/aromatic N) is 4. The summed E-state index contributed by atoms with van der Waals surface area (Å²) in [6, 6.07) is 9.64. The van der Waals surface area contributed by atoms with Crippen molar-refractivity contribution in [2.45, 2.75) is 25.3 Å². The van der Waals surface area contributed by atoms with Gasteiger partial charge >= 0.3 is 0 Å². The van der Waals surface area contributed by atoms with Gasteiger partial charge in [-0.3, -0.25) is 9.88 Å². The fourth-order valence-corrected chi connectivity index (χ4v) is 3.76. The van der Waals surface area contributed by atoms with Gasteiger partial charge in [0, 0.05) is 44.6 Å². The minimum atomic E-state index is 0.707. The lowest BCUT2D eigenvalue weighted by Crippen LogP contribution is -2.52. The molecule has 0 saturated carbocycles. The molecule has 4 rings (SSSR count). The van der Waals surface area contributed by atoms with E-state index in [9.17, 15) is 0 Å². The lowest BCUT2D eigenvalue weighted by molar-refractivity contribution is 0.169. The summed E-state index contributed by atoms with van der Waals surface area (Å²) in [5.74, 6) is 1.01. The van der Waals surface area contributed by atoms with Crippen LogP contribution < -0.4 is 4.90 Å². The van der Waals surface area contributed by atoms with Gasteiger partial charge in [0.25, 0.3) is 0 Å². The van der Waals surface area contributed by atoms with Crippen LogP contribution in [0.3, 0.4) is 0 Å². The van der Waals surface area contributed by atoms with Crippen molar-refractivity contribution in [3.05, 3.63) is 54.0 Å². The van der Waals surface area contributed by atoms with Crippen molar-refractivity contribution in [3.63, 3.8) is 0 Å². The smallest absolute Gasteiger partial charge is 0.147 e. The van der Waals surface area contributed by atoms with Crippen molar-refractivity contribution in [1.29, 1.82) is 0 Å². The predicted molar refractivity (Wildman–Crippen MR) is 88.1 cm³/mol. The Morgan fingerprint density at radius 3 is 2.55 bits per heavy atom. The average Bonchev–Trinajstić information content (AvgIpc) is 2.62. The van der Waals surface area contributed by atoms with Crippen LogP contribution in [-0.2, 0) is 12.8 Å². The van der Waals surface area contributed by atoms with E-state index in [2.05, 4.69) is 44.0 Å². The van der Waals surface area contributed by atoms with Crippen molar-refractivity contribution in [1.82, 2.24) is 14.9 Å². The Balaban J connectivity index is 1.38. The molecular formula is C18H22N4. The number of piperazine rings is 1. The second kappa shape index (κ2) is 6.05. The molecule has 1 fully saturated rings. The maximum atomic E-state index is 4.41. The van der Waals surface area contributed by atoms with Crippen molar-refractivity contribution in [3.8, 4) is 0 Å². The molecule has 2 aromatic rings. The first kappa shape index (κ1) is 13.7. The minimum Gasteiger partial charge on any atom is -0.353 e. The van der Waals surface area contributed by atoms with Gasteiger partial charge in [0.1, 0.15) is 5.82 Å². The average molecular weight is 294 g/mol. The van der Waals surface area contributed by atoms with E-state index in [0.29, 0.717) is 6.04 Å². The van der Waals surface area contributed by atoms with Crippen LogP contribution in [0.5, 0.6) is 0 Å². The molecule has 0 amide bonds. The molecule has 0 spiro atoms. The predicted octanol–water partition coefficient (Wildman–Crippen LogP) is 2.16. The quantitative estimate of drug-likeness (QED) is 0.849. The maximum Gasteiger partial charge on any atom is 0.147 e. The third kappa shape index (κ3) is 2.71. The first-order valence-electron chi connectivity index (χ1n) is 8.22. The highest BCUT2D eigenvalue weighted by Crippen LogP contribution is 2.25. The molecule has 0 bridgehead atoms. The lowest BCUT2D eigenvalue weighted by Gasteiger charge is -2.41. The zero-order chi connectivity index (χ0) is 14.8. The molecule has 1 saturated heterocycles. The summed E-state index contributed by atoms with van der Waals surface area (Å²) in [7, 11) is 0. The third-order valence-electron chi connectivity index (χ3n) is 5.03. The fraction of sp³-hybridized carbons (Fsp3) is 0.444. The van der Waals surface area contributed by atoms with E-state index in [4.69, 9.17) is 0 Å². The fourth-order valence-electron chi connectivity index (χ4n) is 3.76. The maximum absolute atomic E-state index is 4.41. The van der Waals surface area contributed by atoms with Crippen LogP contribution in [0.1, 0.15) is 17.5 Å². The molecular weight excluding hydrogens is 272 g/mol. The lowest BCUT2D eigenvalue weighted by atomic mass is 9.87. The van der Waals surface area contributed by atoms with Crippen molar-refractivity contribution < 1.29 is 0 Å². The number of aryl methyl sites for hydroxylation is 1. The van der Waals surface area contributed by atoms with Crippen LogP contribution in [0.15, 0.2) is 42.9 Å². The number of anilines is 1. The molecule has 1 aliphatic carbocycles. The van der Waals surface area contributed by atoms with E-state index >= 15 is 0 Å². The van der Waals surface area contributed by atoms with Gasteiger partial charge in [-0.2, -0.15) is 0 Å². The molecule has 4 nitrogen and oxygen atoms in total. The molecule has 1 atom stereocenters. The van der Waals surface area contributed by atoms with Crippen LogP contribution in [0.2, 0.25) is 0 Å². The van der Waals surface area contributed by atoms with E-state index in [1.807, 2.05) is 6.20 Å². The van der Waals surface area contributed by atoms with Crippen molar-refractivity contribution >= 4 is 5.82 Å². The van der Waals surface area contributed by atoms with Crippen LogP contribution in [0, 0.1) is 0 Å². The molecule has 4 heteroatoms. The molecule has 2 aliphatic rings. The summed E-state index contributed by atoms with van der Waals surface area (Å²) < 4.78 is 0. The summed E-state index contributed by atoms with van der Waals surface area (Å²) in [5, 5.41) is 0. The molecule has 2 heterocycles. The molecule has 1 aromatic carbocycles. The Kier molecular flexibility index (Phi) is 3.77. The topological polar surface area (TPSA) is 32.3 Å². The molecule has 1 aliphatic heterocycles. The summed E-state index contributed by atoms with van der Waals surface area (Å²) in [5.41, 5.74) is 3.10. The van der Waals surface area contributed by atoms with Crippen LogP contribution >= 0.6 is 0 Å². The van der Waals surface area contributed by atoms with Crippen LogP contribution in [0.4, 0.5) is 5.82 Å². The van der Waals surface area contributed by atoms with Gasteiger partial charge in [-0.1, -0.05) is 24.3 Å². The van der Waals surface area contributed by atoms with Crippen LogP contribution in [-0.4, -0.2) is 47.1 Å². The normalized spacial score (nSPS) is 22.4. The van der Waals surface area contributed by atoms with Gasteiger partial charge in [0.05, 0.1) is 6.20 Å². The number of benzene rings is 1. The highest BCUT2D eigenvalue weighted by molar-refractivity contribution is 5.36. The zero-order valence-corrected chi connectivity index (χ0v) is 12.9. The Morgan fingerprint density at radius 2 is 1.77 bits per heavy atom.